The summed E-state index contributed by atoms with van der Waals surface area (Å²) in [6, 6.07) is 13.1. The molecule has 0 aromatic heterocycles. The Hall–Kier alpha value is -1.33. The van der Waals surface area contributed by atoms with E-state index in [0.29, 0.717) is 6.42 Å². The maximum absolute atomic E-state index is 9.05. The molecule has 1 aliphatic rings. The van der Waals surface area contributed by atoms with Gasteiger partial charge in [0.25, 0.3) is 0 Å². The largest absolute Gasteiger partial charge is 0.295 e. The van der Waals surface area contributed by atoms with Gasteiger partial charge in [0.1, 0.15) is 0 Å². The van der Waals surface area contributed by atoms with E-state index >= 15 is 0 Å². The molecule has 0 bridgehead atoms. The number of rotatable bonds is 4. The lowest BCUT2D eigenvalue weighted by molar-refractivity contribution is 0.132. The van der Waals surface area contributed by atoms with Crippen LogP contribution in [0.15, 0.2) is 30.3 Å². The second kappa shape index (κ2) is 6.56. The van der Waals surface area contributed by atoms with Crippen LogP contribution in [0.3, 0.4) is 0 Å². The van der Waals surface area contributed by atoms with E-state index in [9.17, 15) is 0 Å². The van der Waals surface area contributed by atoms with Crippen LogP contribution in [0.25, 0.3) is 0 Å². The third-order valence-electron chi connectivity index (χ3n) is 4.14. The number of benzene rings is 1. The van der Waals surface area contributed by atoms with Gasteiger partial charge >= 0.3 is 0 Å². The van der Waals surface area contributed by atoms with Crippen molar-refractivity contribution in [3.63, 3.8) is 0 Å². The van der Waals surface area contributed by atoms with Crippen LogP contribution in [0.1, 0.15) is 44.2 Å². The summed E-state index contributed by atoms with van der Waals surface area (Å²) in [4.78, 5) is 2.49. The molecule has 0 N–H and O–H groups in total. The third-order valence-corrected chi connectivity index (χ3v) is 4.14. The average Bonchev–Trinajstić information content (AvgIpc) is 2.46. The smallest absolute Gasteiger partial charge is 0.0641 e. The monoisotopic (exact) mass is 242 g/mol. The van der Waals surface area contributed by atoms with E-state index in [2.05, 4.69) is 42.2 Å². The molecule has 1 saturated heterocycles. The lowest BCUT2D eigenvalue weighted by atomic mass is 9.92. The minimum absolute atomic E-state index is 0.286. The van der Waals surface area contributed by atoms with Crippen molar-refractivity contribution in [2.45, 2.75) is 38.6 Å². The van der Waals surface area contributed by atoms with Crippen LogP contribution in [0.5, 0.6) is 0 Å². The van der Waals surface area contributed by atoms with Gasteiger partial charge in [-0.05, 0) is 37.4 Å². The van der Waals surface area contributed by atoms with Crippen LogP contribution in [0.4, 0.5) is 0 Å². The van der Waals surface area contributed by atoms with Crippen LogP contribution >= 0.6 is 0 Å². The second-order valence-corrected chi connectivity index (χ2v) is 5.18. The van der Waals surface area contributed by atoms with Gasteiger partial charge in [0.15, 0.2) is 0 Å². The molecule has 1 fully saturated rings. The van der Waals surface area contributed by atoms with Crippen molar-refractivity contribution in [2.24, 2.45) is 5.92 Å². The summed E-state index contributed by atoms with van der Waals surface area (Å²) in [6.07, 6.45) is 4.46. The molecule has 1 atom stereocenters. The van der Waals surface area contributed by atoms with E-state index in [4.69, 9.17) is 5.26 Å². The highest BCUT2D eigenvalue weighted by Gasteiger charge is 2.25. The standard InChI is InChI=1S/C16H22N2/c1-2-14-9-12-18(13-10-14)16(8-11-17)15-6-4-3-5-7-15/h3-7,14,16H,2,8-10,12-13H2,1H3. The SMILES string of the molecule is CCC1CCN(C(CC#N)c2ccccc2)CC1. The Kier molecular flexibility index (Phi) is 4.78. The number of hydrogen-bond acceptors (Lipinski definition) is 2. The lowest BCUT2D eigenvalue weighted by Gasteiger charge is -2.36. The summed E-state index contributed by atoms with van der Waals surface area (Å²) in [5, 5.41) is 9.05. The molecule has 1 aliphatic heterocycles. The molecule has 1 aromatic carbocycles. The molecule has 2 heteroatoms. The summed E-state index contributed by atoms with van der Waals surface area (Å²) < 4.78 is 0. The molecule has 0 radical (unpaired) electrons. The van der Waals surface area contributed by atoms with Gasteiger partial charge in [-0.3, -0.25) is 4.90 Å². The van der Waals surface area contributed by atoms with E-state index in [1.54, 1.807) is 0 Å². The summed E-state index contributed by atoms with van der Waals surface area (Å²) in [5.74, 6) is 0.889. The first-order valence-electron chi connectivity index (χ1n) is 7.01. The molecular formula is C16H22N2. The Morgan fingerprint density at radius 1 is 1.28 bits per heavy atom. The Labute approximate surface area is 110 Å². The van der Waals surface area contributed by atoms with Crippen LogP contribution in [-0.2, 0) is 0 Å². The fourth-order valence-corrected chi connectivity index (χ4v) is 2.89. The molecule has 2 nitrogen and oxygen atoms in total. The van der Waals surface area contributed by atoms with Crippen molar-refractivity contribution in [1.29, 1.82) is 5.26 Å². The zero-order valence-corrected chi connectivity index (χ0v) is 11.2. The minimum Gasteiger partial charge on any atom is -0.295 e. The summed E-state index contributed by atoms with van der Waals surface area (Å²) in [5.41, 5.74) is 1.29. The maximum atomic E-state index is 9.05. The molecule has 2 rings (SSSR count). The average molecular weight is 242 g/mol. The number of nitriles is 1. The van der Waals surface area contributed by atoms with Crippen molar-refractivity contribution in [3.8, 4) is 6.07 Å². The van der Waals surface area contributed by atoms with Gasteiger partial charge in [-0.2, -0.15) is 5.26 Å². The summed E-state index contributed by atoms with van der Waals surface area (Å²) in [7, 11) is 0. The molecule has 0 aliphatic carbocycles. The van der Waals surface area contributed by atoms with Crippen LogP contribution in [-0.4, -0.2) is 18.0 Å². The van der Waals surface area contributed by atoms with Crippen molar-refractivity contribution >= 4 is 0 Å². The van der Waals surface area contributed by atoms with Gasteiger partial charge in [0, 0.05) is 6.04 Å². The van der Waals surface area contributed by atoms with Gasteiger partial charge in [-0.25, -0.2) is 0 Å². The van der Waals surface area contributed by atoms with Crippen molar-refractivity contribution < 1.29 is 0 Å². The number of nitrogens with zero attached hydrogens (tertiary/aromatic N) is 2. The fourth-order valence-electron chi connectivity index (χ4n) is 2.89. The highest BCUT2D eigenvalue weighted by molar-refractivity contribution is 5.20. The molecule has 1 heterocycles. The van der Waals surface area contributed by atoms with Gasteiger partial charge < -0.3 is 0 Å². The first-order chi connectivity index (χ1) is 8.85. The van der Waals surface area contributed by atoms with Gasteiger partial charge in [-0.1, -0.05) is 43.7 Å². The van der Waals surface area contributed by atoms with E-state index in [-0.39, 0.29) is 6.04 Å². The molecule has 96 valence electrons. The quantitative estimate of drug-likeness (QED) is 0.803. The zero-order valence-electron chi connectivity index (χ0n) is 11.2. The summed E-state index contributed by atoms with van der Waals surface area (Å²) in [6.45, 7) is 4.56. The highest BCUT2D eigenvalue weighted by atomic mass is 15.2. The van der Waals surface area contributed by atoms with Crippen LogP contribution in [0.2, 0.25) is 0 Å². The Morgan fingerprint density at radius 3 is 2.50 bits per heavy atom. The molecule has 0 amide bonds. The highest BCUT2D eigenvalue weighted by Crippen LogP contribution is 2.29. The van der Waals surface area contributed by atoms with E-state index in [0.717, 1.165) is 19.0 Å². The van der Waals surface area contributed by atoms with Gasteiger partial charge in [0.05, 0.1) is 12.5 Å². The summed E-state index contributed by atoms with van der Waals surface area (Å²) >= 11 is 0. The van der Waals surface area contributed by atoms with Gasteiger partial charge in [-0.15, -0.1) is 0 Å². The Balaban J connectivity index is 2.05. The predicted molar refractivity (Wildman–Crippen MR) is 74.0 cm³/mol. The number of likely N-dealkylation sites (tertiary alicyclic amines) is 1. The second-order valence-electron chi connectivity index (χ2n) is 5.18. The Morgan fingerprint density at radius 2 is 1.94 bits per heavy atom. The maximum Gasteiger partial charge on any atom is 0.0641 e. The molecule has 1 aromatic rings. The van der Waals surface area contributed by atoms with Crippen molar-refractivity contribution in [2.75, 3.05) is 13.1 Å². The van der Waals surface area contributed by atoms with E-state index < -0.39 is 0 Å². The number of hydrogen-bond donors (Lipinski definition) is 0. The topological polar surface area (TPSA) is 27.0 Å². The van der Waals surface area contributed by atoms with Gasteiger partial charge in [0.2, 0.25) is 0 Å². The normalized spacial score (nSPS) is 19.3. The lowest BCUT2D eigenvalue weighted by Crippen LogP contribution is -2.36. The van der Waals surface area contributed by atoms with Crippen molar-refractivity contribution in [3.05, 3.63) is 35.9 Å². The molecule has 0 saturated carbocycles. The van der Waals surface area contributed by atoms with E-state index in [1.807, 2.05) is 6.07 Å². The van der Waals surface area contributed by atoms with Crippen LogP contribution in [0, 0.1) is 17.2 Å². The Bertz CT molecular complexity index is 385. The number of piperidine rings is 1. The molecule has 18 heavy (non-hydrogen) atoms. The predicted octanol–water partition coefficient (Wildman–Crippen LogP) is 3.76. The van der Waals surface area contributed by atoms with Crippen LogP contribution < -0.4 is 0 Å². The minimum atomic E-state index is 0.286. The third kappa shape index (κ3) is 3.11. The molecule has 0 spiro atoms. The van der Waals surface area contributed by atoms with E-state index in [1.165, 1.54) is 24.8 Å². The fraction of sp³-hybridized carbons (Fsp3) is 0.562. The van der Waals surface area contributed by atoms with Crippen molar-refractivity contribution in [1.82, 2.24) is 4.90 Å². The molecule has 1 unspecified atom stereocenters. The molecular weight excluding hydrogens is 220 g/mol. The first kappa shape index (κ1) is 13.1. The first-order valence-corrected chi connectivity index (χ1v) is 7.01. The zero-order chi connectivity index (χ0) is 12.8.